The first-order chi connectivity index (χ1) is 7.50. The van der Waals surface area contributed by atoms with Crippen LogP contribution >= 0.6 is 0 Å². The molecule has 6 heteroatoms. The molecular weight excluding hydrogens is 230 g/mol. The molecule has 0 rings (SSSR count). The number of aliphatic hydroxyl groups is 1. The van der Waals surface area contributed by atoms with Crippen molar-refractivity contribution >= 4 is 9.84 Å². The van der Waals surface area contributed by atoms with Gasteiger partial charge in [0, 0.05) is 13.2 Å². The van der Waals surface area contributed by atoms with Crippen molar-refractivity contribution in [3.63, 3.8) is 0 Å². The molecule has 0 aromatic carbocycles. The summed E-state index contributed by atoms with van der Waals surface area (Å²) in [5, 5.41) is 11.2. The minimum Gasteiger partial charge on any atom is -0.394 e. The van der Waals surface area contributed by atoms with Crippen LogP contribution in [0.1, 0.15) is 20.3 Å². The molecule has 0 aromatic heterocycles. The summed E-state index contributed by atoms with van der Waals surface area (Å²) >= 11 is 0. The van der Waals surface area contributed by atoms with Gasteiger partial charge in [-0.25, -0.2) is 8.42 Å². The molecule has 0 bridgehead atoms. The summed E-state index contributed by atoms with van der Waals surface area (Å²) in [6.07, 6.45) is 0.821. The van der Waals surface area contributed by atoms with Crippen LogP contribution in [-0.2, 0) is 14.6 Å². The third-order valence-electron chi connectivity index (χ3n) is 2.16. The lowest BCUT2D eigenvalue weighted by Gasteiger charge is -2.08. The fraction of sp³-hybridized carbons (Fsp3) is 1.00. The summed E-state index contributed by atoms with van der Waals surface area (Å²) in [4.78, 5) is 0. The fourth-order valence-corrected chi connectivity index (χ4v) is 1.94. The molecule has 2 N–H and O–H groups in total. The van der Waals surface area contributed by atoms with Gasteiger partial charge in [-0.15, -0.1) is 0 Å². The Morgan fingerprint density at radius 3 is 2.50 bits per heavy atom. The first kappa shape index (κ1) is 15.8. The maximum atomic E-state index is 11.4. The van der Waals surface area contributed by atoms with Crippen molar-refractivity contribution in [2.45, 2.75) is 25.5 Å². The lowest BCUT2D eigenvalue weighted by Crippen LogP contribution is -2.28. The molecule has 0 aromatic rings. The van der Waals surface area contributed by atoms with Crippen molar-refractivity contribution < 1.29 is 18.3 Å². The number of sulfone groups is 1. The summed E-state index contributed by atoms with van der Waals surface area (Å²) < 4.78 is 27.9. The molecule has 0 aliphatic carbocycles. The second-order valence-electron chi connectivity index (χ2n) is 3.86. The highest BCUT2D eigenvalue weighted by Crippen LogP contribution is 1.98. The lowest BCUT2D eigenvalue weighted by molar-refractivity contribution is 0.0908. The summed E-state index contributed by atoms with van der Waals surface area (Å²) in [6.45, 7) is 5.60. The zero-order valence-corrected chi connectivity index (χ0v) is 10.9. The van der Waals surface area contributed by atoms with Crippen LogP contribution in [0.5, 0.6) is 0 Å². The van der Waals surface area contributed by atoms with Crippen LogP contribution < -0.4 is 5.32 Å². The molecule has 0 amide bonds. The third kappa shape index (κ3) is 8.04. The Morgan fingerprint density at radius 1 is 1.25 bits per heavy atom. The van der Waals surface area contributed by atoms with Gasteiger partial charge in [0.15, 0.2) is 9.84 Å². The van der Waals surface area contributed by atoms with Gasteiger partial charge in [-0.3, -0.25) is 0 Å². The van der Waals surface area contributed by atoms with Gasteiger partial charge in [-0.1, -0.05) is 0 Å². The van der Waals surface area contributed by atoms with Gasteiger partial charge in [0.05, 0.1) is 24.2 Å². The van der Waals surface area contributed by atoms with Crippen molar-refractivity contribution in [1.29, 1.82) is 0 Å². The molecule has 0 spiro atoms. The average molecular weight is 253 g/mol. The second-order valence-corrected chi connectivity index (χ2v) is 6.53. The molecule has 98 valence electrons. The van der Waals surface area contributed by atoms with Gasteiger partial charge in [0.25, 0.3) is 0 Å². The number of aliphatic hydroxyl groups excluding tert-OH is 1. The highest BCUT2D eigenvalue weighted by Gasteiger charge is 2.14. The van der Waals surface area contributed by atoms with Crippen molar-refractivity contribution in [3.05, 3.63) is 0 Å². The number of hydrogen-bond acceptors (Lipinski definition) is 5. The van der Waals surface area contributed by atoms with Gasteiger partial charge in [-0.05, 0) is 26.8 Å². The number of hydrogen-bond donors (Lipinski definition) is 2. The van der Waals surface area contributed by atoms with E-state index in [0.29, 0.717) is 19.8 Å². The van der Waals surface area contributed by atoms with Crippen LogP contribution in [0.2, 0.25) is 0 Å². The molecule has 0 unspecified atom stereocenters. The van der Waals surface area contributed by atoms with Crippen LogP contribution in [-0.4, -0.2) is 57.4 Å². The molecule has 0 saturated heterocycles. The van der Waals surface area contributed by atoms with Gasteiger partial charge < -0.3 is 15.2 Å². The van der Waals surface area contributed by atoms with Crippen molar-refractivity contribution in [3.8, 4) is 0 Å². The third-order valence-corrected chi connectivity index (χ3v) is 4.37. The second kappa shape index (κ2) is 8.92. The Balaban J connectivity index is 3.34. The predicted molar refractivity (Wildman–Crippen MR) is 64.3 cm³/mol. The molecule has 0 aliphatic heterocycles. The Labute approximate surface area is 98.1 Å². The van der Waals surface area contributed by atoms with Crippen LogP contribution in [0.4, 0.5) is 0 Å². The summed E-state index contributed by atoms with van der Waals surface area (Å²) in [5.74, 6) is 0.183. The number of nitrogens with one attached hydrogen (secondary N) is 1. The molecule has 0 aliphatic rings. The Hall–Kier alpha value is -0.170. The summed E-state index contributed by atoms with van der Waals surface area (Å²) in [7, 11) is -2.93. The van der Waals surface area contributed by atoms with Gasteiger partial charge >= 0.3 is 0 Å². The molecule has 0 heterocycles. The first-order valence-electron chi connectivity index (χ1n) is 5.61. The monoisotopic (exact) mass is 253 g/mol. The molecule has 0 saturated carbocycles. The van der Waals surface area contributed by atoms with Crippen molar-refractivity contribution in [2.75, 3.05) is 38.7 Å². The van der Waals surface area contributed by atoms with Gasteiger partial charge in [0.2, 0.25) is 0 Å². The van der Waals surface area contributed by atoms with E-state index in [4.69, 9.17) is 9.84 Å². The molecule has 0 fully saturated rings. The molecule has 0 radical (unpaired) electrons. The quantitative estimate of drug-likeness (QED) is 0.527. The van der Waals surface area contributed by atoms with Crippen molar-refractivity contribution in [2.24, 2.45) is 0 Å². The number of rotatable bonds is 10. The molecule has 5 nitrogen and oxygen atoms in total. The SMILES string of the molecule is CC(C)S(=O)(=O)CCNCCCOCCO. The van der Waals surface area contributed by atoms with E-state index < -0.39 is 9.84 Å². The minimum absolute atomic E-state index is 0.0417. The maximum absolute atomic E-state index is 11.4. The highest BCUT2D eigenvalue weighted by atomic mass is 32.2. The van der Waals surface area contributed by atoms with E-state index in [0.717, 1.165) is 13.0 Å². The Morgan fingerprint density at radius 2 is 1.94 bits per heavy atom. The van der Waals surface area contributed by atoms with E-state index >= 15 is 0 Å². The Bertz CT molecular complexity index is 252. The first-order valence-corrected chi connectivity index (χ1v) is 7.33. The van der Waals surface area contributed by atoms with Crippen LogP contribution in [0.15, 0.2) is 0 Å². The van der Waals surface area contributed by atoms with Gasteiger partial charge in [0.1, 0.15) is 0 Å². The van der Waals surface area contributed by atoms with Crippen LogP contribution in [0.25, 0.3) is 0 Å². The summed E-state index contributed by atoms with van der Waals surface area (Å²) in [6, 6.07) is 0. The van der Waals surface area contributed by atoms with Gasteiger partial charge in [-0.2, -0.15) is 0 Å². The largest absolute Gasteiger partial charge is 0.394 e. The molecule has 16 heavy (non-hydrogen) atoms. The highest BCUT2D eigenvalue weighted by molar-refractivity contribution is 7.92. The lowest BCUT2D eigenvalue weighted by atomic mass is 10.4. The molecule has 0 atom stereocenters. The standard InChI is InChI=1S/C10H23NO4S/c1-10(2)16(13,14)9-5-11-4-3-7-15-8-6-12/h10-12H,3-9H2,1-2H3. The maximum Gasteiger partial charge on any atom is 0.153 e. The normalized spacial score (nSPS) is 12.2. The molecular formula is C10H23NO4S. The van der Waals surface area contributed by atoms with E-state index in [9.17, 15) is 8.42 Å². The predicted octanol–water partition coefficient (Wildman–Crippen LogP) is -0.202. The van der Waals surface area contributed by atoms with E-state index in [1.54, 1.807) is 13.8 Å². The summed E-state index contributed by atoms with van der Waals surface area (Å²) in [5.41, 5.74) is 0. The Kier molecular flexibility index (Phi) is 8.83. The van der Waals surface area contributed by atoms with E-state index in [1.165, 1.54) is 0 Å². The topological polar surface area (TPSA) is 75.6 Å². The van der Waals surface area contributed by atoms with E-state index in [2.05, 4.69) is 5.32 Å². The smallest absolute Gasteiger partial charge is 0.153 e. The van der Waals surface area contributed by atoms with E-state index in [1.807, 2.05) is 0 Å². The zero-order valence-electron chi connectivity index (χ0n) is 10.1. The number of ether oxygens (including phenoxy) is 1. The average Bonchev–Trinajstić information content (AvgIpc) is 2.21. The van der Waals surface area contributed by atoms with Crippen molar-refractivity contribution in [1.82, 2.24) is 5.32 Å². The van der Waals surface area contributed by atoms with Crippen LogP contribution in [0, 0.1) is 0 Å². The minimum atomic E-state index is -2.93. The fourth-order valence-electron chi connectivity index (χ4n) is 1.04. The van der Waals surface area contributed by atoms with E-state index in [-0.39, 0.29) is 17.6 Å². The zero-order chi connectivity index (χ0) is 12.4. The van der Waals surface area contributed by atoms with Crippen LogP contribution in [0.3, 0.4) is 0 Å².